The van der Waals surface area contributed by atoms with E-state index < -0.39 is 11.1 Å². The largest absolute Gasteiger partial charge is 0.772 e. The Balaban J connectivity index is 2.21. The Morgan fingerprint density at radius 3 is 3.06 bits per heavy atom. The summed E-state index contributed by atoms with van der Waals surface area (Å²) in [5.74, 6) is 0.0546. The van der Waals surface area contributed by atoms with Crippen LogP contribution in [0.4, 0.5) is 0 Å². The molecule has 1 aliphatic carbocycles. The van der Waals surface area contributed by atoms with Crippen molar-refractivity contribution in [3.05, 3.63) is 34.9 Å². The molecule has 0 heterocycles. The van der Waals surface area contributed by atoms with Gasteiger partial charge in [-0.2, -0.15) is 0 Å². The molecule has 5 heteroatoms. The molecular formula is C11H12NO3S-. The molecule has 1 aromatic carbocycles. The summed E-state index contributed by atoms with van der Waals surface area (Å²) in [6.45, 7) is 0. The topological polar surface area (TPSA) is 69.2 Å². The predicted octanol–water partition coefficient (Wildman–Crippen LogP) is 0.799. The van der Waals surface area contributed by atoms with Crippen molar-refractivity contribution in [1.82, 2.24) is 5.32 Å². The van der Waals surface area contributed by atoms with Crippen molar-refractivity contribution in [3.63, 3.8) is 0 Å². The van der Waals surface area contributed by atoms with Crippen LogP contribution in [0.25, 0.3) is 0 Å². The summed E-state index contributed by atoms with van der Waals surface area (Å²) in [7, 11) is 0. The molecule has 1 aliphatic rings. The van der Waals surface area contributed by atoms with Gasteiger partial charge in [0.05, 0.1) is 6.04 Å². The summed E-state index contributed by atoms with van der Waals surface area (Å²) in [6, 6.07) is 5.71. The average Bonchev–Trinajstić information content (AvgIpc) is 2.61. The van der Waals surface area contributed by atoms with Crippen LogP contribution in [-0.2, 0) is 28.0 Å². The minimum atomic E-state index is -2.05. The van der Waals surface area contributed by atoms with Crippen LogP contribution in [0.5, 0.6) is 0 Å². The highest BCUT2D eigenvalue weighted by atomic mass is 32.2. The number of hydrogen-bond donors (Lipinski definition) is 1. The second-order valence-electron chi connectivity index (χ2n) is 3.86. The molecule has 1 N–H and O–H groups in total. The minimum absolute atomic E-state index is 0.0546. The van der Waals surface area contributed by atoms with Gasteiger partial charge < -0.3 is 9.87 Å². The van der Waals surface area contributed by atoms with Crippen molar-refractivity contribution < 1.29 is 13.6 Å². The molecule has 2 rings (SSSR count). The van der Waals surface area contributed by atoms with Crippen LogP contribution in [0.2, 0.25) is 0 Å². The number of rotatable bonds is 4. The van der Waals surface area contributed by atoms with Gasteiger partial charge in [0.2, 0.25) is 6.41 Å². The van der Waals surface area contributed by atoms with Crippen molar-refractivity contribution in [2.24, 2.45) is 0 Å². The molecule has 0 aliphatic heterocycles. The standard InChI is InChI=1S/C11H13NO3S/c13-7-12-11-4-2-9-5-8(6-16(14)15)1-3-10(9)11/h1,3,5,7,11H,2,4,6H2,(H,12,13)(H,14,15)/p-1. The number of hydrogen-bond acceptors (Lipinski definition) is 3. The van der Waals surface area contributed by atoms with E-state index in [0.717, 1.165) is 29.5 Å². The van der Waals surface area contributed by atoms with E-state index in [-0.39, 0.29) is 11.8 Å². The van der Waals surface area contributed by atoms with Gasteiger partial charge in [-0.3, -0.25) is 9.00 Å². The van der Waals surface area contributed by atoms with Crippen molar-refractivity contribution in [2.45, 2.75) is 24.6 Å². The molecule has 16 heavy (non-hydrogen) atoms. The zero-order chi connectivity index (χ0) is 11.5. The number of carbonyl (C=O) groups excluding carboxylic acids is 1. The van der Waals surface area contributed by atoms with Crippen molar-refractivity contribution in [1.29, 1.82) is 0 Å². The Hall–Kier alpha value is -1.20. The summed E-state index contributed by atoms with van der Waals surface area (Å²) < 4.78 is 21.2. The van der Waals surface area contributed by atoms with Crippen LogP contribution in [0, 0.1) is 0 Å². The fourth-order valence-electron chi connectivity index (χ4n) is 2.15. The summed E-state index contributed by atoms with van der Waals surface area (Å²) in [4.78, 5) is 10.4. The predicted molar refractivity (Wildman–Crippen MR) is 59.3 cm³/mol. The fourth-order valence-corrected chi connectivity index (χ4v) is 2.60. The third kappa shape index (κ3) is 2.31. The van der Waals surface area contributed by atoms with E-state index in [1.165, 1.54) is 0 Å². The van der Waals surface area contributed by atoms with Crippen LogP contribution in [-0.4, -0.2) is 15.2 Å². The van der Waals surface area contributed by atoms with Gasteiger partial charge in [0, 0.05) is 5.75 Å². The molecule has 86 valence electrons. The van der Waals surface area contributed by atoms with E-state index in [4.69, 9.17) is 0 Å². The Kier molecular flexibility index (Phi) is 3.36. The Morgan fingerprint density at radius 2 is 2.38 bits per heavy atom. The number of carbonyl (C=O) groups is 1. The lowest BCUT2D eigenvalue weighted by molar-refractivity contribution is -0.110. The van der Waals surface area contributed by atoms with Gasteiger partial charge in [0.25, 0.3) is 0 Å². The molecule has 0 fully saturated rings. The quantitative estimate of drug-likeness (QED) is 0.623. The van der Waals surface area contributed by atoms with Gasteiger partial charge in [-0.05, 0) is 29.5 Å². The second kappa shape index (κ2) is 4.76. The van der Waals surface area contributed by atoms with E-state index in [1.807, 2.05) is 12.1 Å². The van der Waals surface area contributed by atoms with Gasteiger partial charge in [0.1, 0.15) is 0 Å². The molecular weight excluding hydrogens is 226 g/mol. The first kappa shape index (κ1) is 11.3. The van der Waals surface area contributed by atoms with Crippen LogP contribution < -0.4 is 5.32 Å². The van der Waals surface area contributed by atoms with E-state index in [2.05, 4.69) is 5.32 Å². The molecule has 1 aromatic rings. The van der Waals surface area contributed by atoms with Gasteiger partial charge in [-0.25, -0.2) is 0 Å². The maximum absolute atomic E-state index is 10.6. The molecule has 4 nitrogen and oxygen atoms in total. The monoisotopic (exact) mass is 238 g/mol. The van der Waals surface area contributed by atoms with Crippen LogP contribution >= 0.6 is 0 Å². The average molecular weight is 238 g/mol. The number of nitrogens with one attached hydrogen (secondary N) is 1. The van der Waals surface area contributed by atoms with Gasteiger partial charge in [0.15, 0.2) is 0 Å². The van der Waals surface area contributed by atoms with E-state index in [0.29, 0.717) is 6.41 Å². The molecule has 0 aromatic heterocycles. The first-order valence-electron chi connectivity index (χ1n) is 5.08. The molecule has 2 atom stereocenters. The van der Waals surface area contributed by atoms with Crippen LogP contribution in [0.1, 0.15) is 29.2 Å². The maximum atomic E-state index is 10.6. The zero-order valence-electron chi connectivity index (χ0n) is 8.64. The summed E-state index contributed by atoms with van der Waals surface area (Å²) in [6.07, 6.45) is 2.48. The molecule has 0 saturated carbocycles. The smallest absolute Gasteiger partial charge is 0.207 e. The highest BCUT2D eigenvalue weighted by Crippen LogP contribution is 2.31. The molecule has 0 bridgehead atoms. The lowest BCUT2D eigenvalue weighted by Gasteiger charge is -2.11. The van der Waals surface area contributed by atoms with Crippen LogP contribution in [0.3, 0.4) is 0 Å². The summed E-state index contributed by atoms with van der Waals surface area (Å²) in [5, 5.41) is 2.76. The third-order valence-electron chi connectivity index (χ3n) is 2.84. The molecule has 1 amide bonds. The van der Waals surface area contributed by atoms with Crippen LogP contribution in [0.15, 0.2) is 18.2 Å². The summed E-state index contributed by atoms with van der Waals surface area (Å²) >= 11 is -2.05. The lowest BCUT2D eigenvalue weighted by Crippen LogP contribution is -2.16. The fraction of sp³-hybridized carbons (Fsp3) is 0.364. The van der Waals surface area contributed by atoms with Crippen molar-refractivity contribution >= 4 is 17.5 Å². The minimum Gasteiger partial charge on any atom is -0.772 e. The van der Waals surface area contributed by atoms with E-state index in [1.54, 1.807) is 6.07 Å². The highest BCUT2D eigenvalue weighted by Gasteiger charge is 2.21. The molecule has 2 unspecified atom stereocenters. The van der Waals surface area contributed by atoms with Gasteiger partial charge in [-0.1, -0.05) is 29.3 Å². The number of aryl methyl sites for hydroxylation is 1. The van der Waals surface area contributed by atoms with Crippen molar-refractivity contribution in [2.75, 3.05) is 0 Å². The number of amides is 1. The normalized spacial score (nSPS) is 20.2. The molecule has 0 saturated heterocycles. The number of benzene rings is 1. The highest BCUT2D eigenvalue weighted by molar-refractivity contribution is 7.78. The Morgan fingerprint density at radius 1 is 1.56 bits per heavy atom. The molecule has 0 radical (unpaired) electrons. The third-order valence-corrected chi connectivity index (χ3v) is 3.41. The number of fused-ring (bicyclic) bond motifs is 1. The second-order valence-corrected chi connectivity index (χ2v) is 4.75. The van der Waals surface area contributed by atoms with E-state index in [9.17, 15) is 13.6 Å². The zero-order valence-corrected chi connectivity index (χ0v) is 9.46. The maximum Gasteiger partial charge on any atom is 0.207 e. The first-order chi connectivity index (χ1) is 7.70. The lowest BCUT2D eigenvalue weighted by atomic mass is 10.1. The van der Waals surface area contributed by atoms with Gasteiger partial charge in [-0.15, -0.1) is 0 Å². The molecule has 0 spiro atoms. The first-order valence-corrected chi connectivity index (χ1v) is 6.32. The van der Waals surface area contributed by atoms with Gasteiger partial charge >= 0.3 is 0 Å². The SMILES string of the molecule is O=CNC1CCc2cc(CS(=O)[O-])ccc21. The Labute approximate surface area is 96.3 Å². The summed E-state index contributed by atoms with van der Waals surface area (Å²) in [5.41, 5.74) is 3.05. The Bertz CT molecular complexity index is 433. The van der Waals surface area contributed by atoms with E-state index >= 15 is 0 Å². The van der Waals surface area contributed by atoms with Crippen molar-refractivity contribution in [3.8, 4) is 0 Å².